The second-order valence-corrected chi connectivity index (χ2v) is 8.12. The first kappa shape index (κ1) is 21.0. The minimum atomic E-state index is 0.0754. The average Bonchev–Trinajstić information content (AvgIpc) is 3.23. The maximum atomic E-state index is 13.3. The highest BCUT2D eigenvalue weighted by Crippen LogP contribution is 2.26. The molecule has 1 fully saturated rings. The molecule has 1 saturated carbocycles. The van der Waals surface area contributed by atoms with E-state index in [9.17, 15) is 4.79 Å². The summed E-state index contributed by atoms with van der Waals surface area (Å²) < 4.78 is 0. The van der Waals surface area contributed by atoms with Crippen molar-refractivity contribution in [1.82, 2.24) is 15.2 Å². The van der Waals surface area contributed by atoms with Crippen LogP contribution in [0.5, 0.6) is 0 Å². The molecule has 0 spiro atoms. The smallest absolute Gasteiger partial charge is 0.270 e. The van der Waals surface area contributed by atoms with Gasteiger partial charge in [-0.25, -0.2) is 0 Å². The Morgan fingerprint density at radius 3 is 2.90 bits per heavy atom. The van der Waals surface area contributed by atoms with E-state index in [-0.39, 0.29) is 11.9 Å². The van der Waals surface area contributed by atoms with Gasteiger partial charge in [0.1, 0.15) is 5.69 Å². The van der Waals surface area contributed by atoms with Crippen molar-refractivity contribution >= 4 is 22.5 Å². The van der Waals surface area contributed by atoms with Crippen LogP contribution in [0.4, 0.5) is 5.69 Å². The summed E-state index contributed by atoms with van der Waals surface area (Å²) in [5.74, 6) is 0.0754. The zero-order valence-electron chi connectivity index (χ0n) is 17.8. The van der Waals surface area contributed by atoms with Crippen LogP contribution in [0.15, 0.2) is 59.7 Å². The number of hydrogen-bond donors (Lipinski definition) is 2. The third-order valence-electron chi connectivity index (χ3n) is 6.11. The second kappa shape index (κ2) is 9.69. The summed E-state index contributed by atoms with van der Waals surface area (Å²) in [6, 6.07) is 18.2. The summed E-state index contributed by atoms with van der Waals surface area (Å²) in [4.78, 5) is 21.4. The molecule has 31 heavy (non-hydrogen) atoms. The van der Waals surface area contributed by atoms with E-state index in [1.54, 1.807) is 6.07 Å². The van der Waals surface area contributed by atoms with Crippen LogP contribution in [0.1, 0.15) is 48.7 Å². The number of para-hydroxylation sites is 1. The Hall–Kier alpha value is -3.28. The van der Waals surface area contributed by atoms with Gasteiger partial charge in [0.05, 0.1) is 0 Å². The lowest BCUT2D eigenvalue weighted by Gasteiger charge is -2.37. The first-order chi connectivity index (χ1) is 15.2. The Morgan fingerprint density at radius 2 is 2.10 bits per heavy atom. The van der Waals surface area contributed by atoms with Crippen molar-refractivity contribution in [3.05, 3.63) is 76.3 Å². The topological polar surface area (TPSA) is 96.9 Å². The fraction of sp³-hybridized carbons (Fsp3) is 0.375. The Labute approximate surface area is 182 Å². The molecule has 0 unspecified atom stereocenters. The highest BCUT2D eigenvalue weighted by Gasteiger charge is 2.29. The lowest BCUT2D eigenvalue weighted by Crippen LogP contribution is -2.46. The fourth-order valence-corrected chi connectivity index (χ4v) is 4.59. The van der Waals surface area contributed by atoms with Gasteiger partial charge < -0.3 is 15.2 Å². The Kier molecular flexibility index (Phi) is 6.55. The molecular formula is C24H28N6O. The standard InChI is InChI=1S/C24H28N6O/c1-2-30(24(31)23-14-18-8-3-4-12-22(18)27-23)21-11-6-9-19(15-21)26-16-17-7-5-10-20(13-17)28-29-25/h3-5,7-8,10,12-14,19,21,26-27H,2,6,9,11,15-16H2,1H3/t19-,21+/m1/s1. The number of carbonyl (C=O) groups excluding carboxylic acids is 1. The molecule has 4 rings (SSSR count). The number of aromatic amines is 1. The van der Waals surface area contributed by atoms with Crippen LogP contribution in [0, 0.1) is 0 Å². The van der Waals surface area contributed by atoms with Gasteiger partial charge in [0.25, 0.3) is 5.91 Å². The molecule has 1 aliphatic carbocycles. The van der Waals surface area contributed by atoms with Gasteiger partial charge in [-0.05, 0) is 61.9 Å². The first-order valence-electron chi connectivity index (χ1n) is 10.9. The van der Waals surface area contributed by atoms with Gasteiger partial charge in [-0.2, -0.15) is 0 Å². The lowest BCUT2D eigenvalue weighted by molar-refractivity contribution is 0.0623. The van der Waals surface area contributed by atoms with Gasteiger partial charge in [0.15, 0.2) is 0 Å². The molecule has 0 radical (unpaired) electrons. The largest absolute Gasteiger partial charge is 0.351 e. The highest BCUT2D eigenvalue weighted by atomic mass is 16.2. The molecule has 0 aliphatic heterocycles. The van der Waals surface area contributed by atoms with E-state index in [0.29, 0.717) is 30.5 Å². The number of rotatable bonds is 7. The van der Waals surface area contributed by atoms with Gasteiger partial charge in [0.2, 0.25) is 0 Å². The van der Waals surface area contributed by atoms with Crippen LogP contribution >= 0.6 is 0 Å². The quantitative estimate of drug-likeness (QED) is 0.295. The third-order valence-corrected chi connectivity index (χ3v) is 6.11. The van der Waals surface area contributed by atoms with Gasteiger partial charge in [-0.15, -0.1) is 0 Å². The highest BCUT2D eigenvalue weighted by molar-refractivity contribution is 5.98. The van der Waals surface area contributed by atoms with Crippen molar-refractivity contribution in [2.24, 2.45) is 5.11 Å². The lowest BCUT2D eigenvalue weighted by atomic mass is 9.89. The number of aromatic nitrogens is 1. The van der Waals surface area contributed by atoms with E-state index in [1.807, 2.05) is 53.4 Å². The van der Waals surface area contributed by atoms with Gasteiger partial charge in [0, 0.05) is 46.7 Å². The molecule has 2 aromatic carbocycles. The number of hydrogen-bond acceptors (Lipinski definition) is 3. The maximum absolute atomic E-state index is 13.3. The molecule has 0 saturated heterocycles. The van der Waals surface area contributed by atoms with E-state index in [2.05, 4.69) is 27.3 Å². The predicted octanol–water partition coefficient (Wildman–Crippen LogP) is 5.67. The molecule has 1 aliphatic rings. The average molecular weight is 417 g/mol. The molecule has 1 amide bonds. The number of carbonyl (C=O) groups is 1. The first-order valence-corrected chi connectivity index (χ1v) is 10.9. The van der Waals surface area contributed by atoms with Crippen LogP contribution in [-0.2, 0) is 6.54 Å². The molecule has 2 N–H and O–H groups in total. The molecule has 2 atom stereocenters. The van der Waals surface area contributed by atoms with Crippen molar-refractivity contribution < 1.29 is 4.79 Å². The molecule has 7 heteroatoms. The third kappa shape index (κ3) is 4.90. The van der Waals surface area contributed by atoms with Crippen molar-refractivity contribution in [2.75, 3.05) is 6.54 Å². The van der Waals surface area contributed by atoms with Crippen LogP contribution in [0.3, 0.4) is 0 Å². The maximum Gasteiger partial charge on any atom is 0.270 e. The van der Waals surface area contributed by atoms with Gasteiger partial charge in [-0.3, -0.25) is 4.79 Å². The summed E-state index contributed by atoms with van der Waals surface area (Å²) in [6.45, 7) is 3.47. The Bertz CT molecular complexity index is 1070. The molecule has 1 aromatic heterocycles. The summed E-state index contributed by atoms with van der Waals surface area (Å²) >= 11 is 0. The summed E-state index contributed by atoms with van der Waals surface area (Å²) in [5, 5.41) is 8.38. The van der Waals surface area contributed by atoms with Crippen LogP contribution in [0.25, 0.3) is 21.3 Å². The van der Waals surface area contributed by atoms with Gasteiger partial charge in [-0.1, -0.05) is 41.5 Å². The van der Waals surface area contributed by atoms with E-state index in [0.717, 1.165) is 42.1 Å². The monoisotopic (exact) mass is 416 g/mol. The molecule has 7 nitrogen and oxygen atoms in total. The predicted molar refractivity (Wildman–Crippen MR) is 123 cm³/mol. The molecule has 1 heterocycles. The molecule has 160 valence electrons. The second-order valence-electron chi connectivity index (χ2n) is 8.12. The SMILES string of the molecule is CCN(C(=O)c1cc2ccccc2[nH]1)[C@H]1CCC[C@@H](NCc2cccc(N=[N+]=[N-])c2)C1. The normalized spacial score (nSPS) is 18.5. The number of nitrogens with zero attached hydrogens (tertiary/aromatic N) is 4. The Balaban J connectivity index is 1.40. The van der Waals surface area contributed by atoms with Crippen molar-refractivity contribution in [3.63, 3.8) is 0 Å². The van der Waals surface area contributed by atoms with Crippen molar-refractivity contribution in [1.29, 1.82) is 0 Å². The summed E-state index contributed by atoms with van der Waals surface area (Å²) in [7, 11) is 0. The van der Waals surface area contributed by atoms with E-state index in [1.165, 1.54) is 0 Å². The zero-order chi connectivity index (χ0) is 21.6. The van der Waals surface area contributed by atoms with Crippen LogP contribution in [0.2, 0.25) is 0 Å². The van der Waals surface area contributed by atoms with E-state index >= 15 is 0 Å². The van der Waals surface area contributed by atoms with E-state index in [4.69, 9.17) is 5.53 Å². The van der Waals surface area contributed by atoms with Crippen LogP contribution < -0.4 is 5.32 Å². The number of benzene rings is 2. The minimum Gasteiger partial charge on any atom is -0.351 e. The Morgan fingerprint density at radius 1 is 1.23 bits per heavy atom. The number of amides is 1. The fourth-order valence-electron chi connectivity index (χ4n) is 4.59. The number of nitrogens with one attached hydrogen (secondary N) is 2. The van der Waals surface area contributed by atoms with Gasteiger partial charge >= 0.3 is 0 Å². The number of H-pyrrole nitrogens is 1. The summed E-state index contributed by atoms with van der Waals surface area (Å²) in [5.41, 5.74) is 12.0. The van der Waals surface area contributed by atoms with E-state index < -0.39 is 0 Å². The number of fused-ring (bicyclic) bond motifs is 1. The molecular weight excluding hydrogens is 388 g/mol. The van der Waals surface area contributed by atoms with Crippen LogP contribution in [-0.4, -0.2) is 34.4 Å². The number of azide groups is 1. The van der Waals surface area contributed by atoms with Crippen molar-refractivity contribution in [3.8, 4) is 0 Å². The summed E-state index contributed by atoms with van der Waals surface area (Å²) in [6.07, 6.45) is 4.17. The molecule has 0 bridgehead atoms. The van der Waals surface area contributed by atoms with Crippen molar-refractivity contribution in [2.45, 2.75) is 51.2 Å². The molecule has 3 aromatic rings. The zero-order valence-corrected chi connectivity index (χ0v) is 17.8. The minimum absolute atomic E-state index is 0.0754.